The maximum Gasteiger partial charge on any atom is 0.0221 e. The van der Waals surface area contributed by atoms with Crippen molar-refractivity contribution in [3.63, 3.8) is 0 Å². The summed E-state index contributed by atoms with van der Waals surface area (Å²) in [6.07, 6.45) is 8.31. The van der Waals surface area contributed by atoms with Gasteiger partial charge in [-0.25, -0.2) is 0 Å². The SMILES string of the molecule is C/C=C/CN1CCCCC1CN. The lowest BCUT2D eigenvalue weighted by atomic mass is 10.0. The molecule has 0 aliphatic carbocycles. The van der Waals surface area contributed by atoms with Gasteiger partial charge in [-0.2, -0.15) is 0 Å². The molecule has 2 N–H and O–H groups in total. The fourth-order valence-electron chi connectivity index (χ4n) is 1.81. The van der Waals surface area contributed by atoms with Gasteiger partial charge in [0.25, 0.3) is 0 Å². The fraction of sp³-hybridized carbons (Fsp3) is 0.800. The van der Waals surface area contributed by atoms with Gasteiger partial charge in [0.1, 0.15) is 0 Å². The minimum absolute atomic E-state index is 0.634. The molecule has 1 aliphatic heterocycles. The van der Waals surface area contributed by atoms with Crippen LogP contribution < -0.4 is 5.73 Å². The number of hydrogen-bond donors (Lipinski definition) is 1. The van der Waals surface area contributed by atoms with Crippen LogP contribution in [0.5, 0.6) is 0 Å². The Hall–Kier alpha value is -0.340. The van der Waals surface area contributed by atoms with Gasteiger partial charge in [-0.1, -0.05) is 18.6 Å². The number of hydrogen-bond acceptors (Lipinski definition) is 2. The molecule has 0 amide bonds. The first kappa shape index (κ1) is 9.75. The molecule has 1 fully saturated rings. The standard InChI is InChI=1S/C10H20N2/c1-2-3-7-12-8-5-4-6-10(12)9-11/h2-3,10H,4-9,11H2,1H3/b3-2+. The van der Waals surface area contributed by atoms with Crippen LogP contribution in [0.1, 0.15) is 26.2 Å². The Balaban J connectivity index is 2.36. The smallest absolute Gasteiger partial charge is 0.0221 e. The molecular weight excluding hydrogens is 148 g/mol. The first-order valence-electron chi connectivity index (χ1n) is 4.93. The van der Waals surface area contributed by atoms with E-state index in [2.05, 4.69) is 24.0 Å². The van der Waals surface area contributed by atoms with Crippen molar-refractivity contribution in [1.82, 2.24) is 4.90 Å². The lowest BCUT2D eigenvalue weighted by Crippen LogP contribution is -2.43. The molecule has 1 aliphatic rings. The van der Waals surface area contributed by atoms with E-state index in [1.807, 2.05) is 0 Å². The molecule has 0 radical (unpaired) electrons. The molecule has 0 saturated carbocycles. The summed E-state index contributed by atoms with van der Waals surface area (Å²) in [4.78, 5) is 2.49. The Morgan fingerprint density at radius 1 is 1.50 bits per heavy atom. The van der Waals surface area contributed by atoms with Gasteiger partial charge in [0.05, 0.1) is 0 Å². The highest BCUT2D eigenvalue weighted by Gasteiger charge is 2.19. The second kappa shape index (κ2) is 5.33. The van der Waals surface area contributed by atoms with E-state index in [0.717, 1.165) is 13.1 Å². The average molecular weight is 168 g/mol. The predicted molar refractivity (Wildman–Crippen MR) is 53.1 cm³/mol. The van der Waals surface area contributed by atoms with Crippen LogP contribution >= 0.6 is 0 Å². The topological polar surface area (TPSA) is 29.3 Å². The molecular formula is C10H20N2. The van der Waals surface area contributed by atoms with Gasteiger partial charge in [0.2, 0.25) is 0 Å². The number of nitrogens with two attached hydrogens (primary N) is 1. The van der Waals surface area contributed by atoms with E-state index in [1.165, 1.54) is 25.8 Å². The van der Waals surface area contributed by atoms with Crippen LogP contribution in [0.4, 0.5) is 0 Å². The number of rotatable bonds is 3. The van der Waals surface area contributed by atoms with Crippen molar-refractivity contribution in [3.05, 3.63) is 12.2 Å². The lowest BCUT2D eigenvalue weighted by molar-refractivity contribution is 0.170. The van der Waals surface area contributed by atoms with Crippen LogP contribution in [0.3, 0.4) is 0 Å². The van der Waals surface area contributed by atoms with Gasteiger partial charge in [-0.15, -0.1) is 0 Å². The van der Waals surface area contributed by atoms with E-state index in [9.17, 15) is 0 Å². The molecule has 1 saturated heterocycles. The second-order valence-electron chi connectivity index (χ2n) is 3.45. The highest BCUT2D eigenvalue weighted by atomic mass is 15.2. The summed E-state index contributed by atoms with van der Waals surface area (Å²) < 4.78 is 0. The van der Waals surface area contributed by atoms with Gasteiger partial charge < -0.3 is 5.73 Å². The Morgan fingerprint density at radius 3 is 3.00 bits per heavy atom. The fourth-order valence-corrected chi connectivity index (χ4v) is 1.81. The Kier molecular flexibility index (Phi) is 4.33. The monoisotopic (exact) mass is 168 g/mol. The first-order chi connectivity index (χ1) is 5.88. The summed E-state index contributed by atoms with van der Waals surface area (Å²) >= 11 is 0. The van der Waals surface area contributed by atoms with Crippen molar-refractivity contribution in [2.75, 3.05) is 19.6 Å². The normalized spacial score (nSPS) is 26.7. The molecule has 12 heavy (non-hydrogen) atoms. The van der Waals surface area contributed by atoms with Crippen LogP contribution in [0.15, 0.2) is 12.2 Å². The molecule has 0 spiro atoms. The molecule has 1 heterocycles. The van der Waals surface area contributed by atoms with E-state index in [0.29, 0.717) is 6.04 Å². The predicted octanol–water partition coefficient (Wildman–Crippen LogP) is 1.38. The zero-order valence-electron chi connectivity index (χ0n) is 8.00. The van der Waals surface area contributed by atoms with Crippen molar-refractivity contribution >= 4 is 0 Å². The van der Waals surface area contributed by atoms with E-state index in [-0.39, 0.29) is 0 Å². The zero-order valence-corrected chi connectivity index (χ0v) is 8.00. The summed E-state index contributed by atoms with van der Waals surface area (Å²) in [5.74, 6) is 0. The Bertz CT molecular complexity index is 143. The van der Waals surface area contributed by atoms with Crippen molar-refractivity contribution in [3.8, 4) is 0 Å². The largest absolute Gasteiger partial charge is 0.329 e. The number of likely N-dealkylation sites (tertiary alicyclic amines) is 1. The first-order valence-corrected chi connectivity index (χ1v) is 4.93. The van der Waals surface area contributed by atoms with Crippen LogP contribution in [0.25, 0.3) is 0 Å². The summed E-state index contributed by atoms with van der Waals surface area (Å²) in [6, 6.07) is 0.634. The lowest BCUT2D eigenvalue weighted by Gasteiger charge is -2.34. The Morgan fingerprint density at radius 2 is 2.33 bits per heavy atom. The van der Waals surface area contributed by atoms with Gasteiger partial charge in [0.15, 0.2) is 0 Å². The number of allylic oxidation sites excluding steroid dienone is 1. The van der Waals surface area contributed by atoms with Crippen molar-refractivity contribution in [1.29, 1.82) is 0 Å². The third-order valence-corrected chi connectivity index (χ3v) is 2.60. The van der Waals surface area contributed by atoms with E-state index in [1.54, 1.807) is 0 Å². The van der Waals surface area contributed by atoms with Crippen molar-refractivity contribution in [2.45, 2.75) is 32.2 Å². The minimum Gasteiger partial charge on any atom is -0.329 e. The van der Waals surface area contributed by atoms with E-state index in [4.69, 9.17) is 5.73 Å². The molecule has 1 rings (SSSR count). The molecule has 0 aromatic heterocycles. The molecule has 0 bridgehead atoms. The summed E-state index contributed by atoms with van der Waals surface area (Å²) in [7, 11) is 0. The Labute approximate surface area is 75.4 Å². The molecule has 70 valence electrons. The highest BCUT2D eigenvalue weighted by Crippen LogP contribution is 2.15. The maximum atomic E-state index is 5.70. The van der Waals surface area contributed by atoms with Gasteiger partial charge in [-0.3, -0.25) is 4.90 Å². The average Bonchev–Trinajstić information content (AvgIpc) is 2.15. The third kappa shape index (κ3) is 2.61. The second-order valence-corrected chi connectivity index (χ2v) is 3.45. The molecule has 2 heteroatoms. The quantitative estimate of drug-likeness (QED) is 0.645. The minimum atomic E-state index is 0.634. The van der Waals surface area contributed by atoms with Gasteiger partial charge in [0, 0.05) is 19.1 Å². The molecule has 1 atom stereocenters. The number of piperidine rings is 1. The molecule has 0 aromatic rings. The van der Waals surface area contributed by atoms with Crippen LogP contribution in [0, 0.1) is 0 Å². The molecule has 2 nitrogen and oxygen atoms in total. The highest BCUT2D eigenvalue weighted by molar-refractivity contribution is 4.86. The van der Waals surface area contributed by atoms with Gasteiger partial charge in [-0.05, 0) is 26.3 Å². The van der Waals surface area contributed by atoms with Gasteiger partial charge >= 0.3 is 0 Å². The summed E-state index contributed by atoms with van der Waals surface area (Å²) in [5.41, 5.74) is 5.70. The van der Waals surface area contributed by atoms with E-state index >= 15 is 0 Å². The summed E-state index contributed by atoms with van der Waals surface area (Å²) in [6.45, 7) is 5.20. The van der Waals surface area contributed by atoms with Crippen LogP contribution in [-0.4, -0.2) is 30.6 Å². The molecule has 0 aromatic carbocycles. The third-order valence-electron chi connectivity index (χ3n) is 2.60. The van der Waals surface area contributed by atoms with Crippen LogP contribution in [0.2, 0.25) is 0 Å². The molecule has 1 unspecified atom stereocenters. The zero-order chi connectivity index (χ0) is 8.81. The van der Waals surface area contributed by atoms with Crippen molar-refractivity contribution in [2.24, 2.45) is 5.73 Å². The van der Waals surface area contributed by atoms with Crippen molar-refractivity contribution < 1.29 is 0 Å². The van der Waals surface area contributed by atoms with E-state index < -0.39 is 0 Å². The number of nitrogens with zero attached hydrogens (tertiary/aromatic N) is 1. The summed E-state index contributed by atoms with van der Waals surface area (Å²) in [5, 5.41) is 0. The van der Waals surface area contributed by atoms with Crippen LogP contribution in [-0.2, 0) is 0 Å². The maximum absolute atomic E-state index is 5.70.